The Balaban J connectivity index is 2.72. The van der Waals surface area contributed by atoms with Crippen molar-refractivity contribution in [2.45, 2.75) is 0 Å². The van der Waals surface area contributed by atoms with E-state index in [1.807, 2.05) is 12.3 Å². The van der Waals surface area contributed by atoms with Crippen LogP contribution in [-0.2, 0) is 7.05 Å². The SMILES string of the molecule is CSC(=S)c1cn(C)c2ccccc12. The summed E-state index contributed by atoms with van der Waals surface area (Å²) in [7, 11) is 2.05. The molecule has 0 saturated carbocycles. The van der Waals surface area contributed by atoms with Crippen LogP contribution in [0.25, 0.3) is 10.9 Å². The van der Waals surface area contributed by atoms with Gasteiger partial charge in [0.2, 0.25) is 0 Å². The van der Waals surface area contributed by atoms with E-state index in [4.69, 9.17) is 12.2 Å². The minimum absolute atomic E-state index is 0.960. The van der Waals surface area contributed by atoms with Gasteiger partial charge in [-0.05, 0) is 12.3 Å². The zero-order valence-corrected chi connectivity index (χ0v) is 9.78. The third-order valence-electron chi connectivity index (χ3n) is 2.30. The van der Waals surface area contributed by atoms with Crippen LogP contribution in [-0.4, -0.2) is 15.0 Å². The number of fused-ring (bicyclic) bond motifs is 1. The second-order valence-corrected chi connectivity index (χ2v) is 4.65. The van der Waals surface area contributed by atoms with E-state index in [2.05, 4.69) is 36.0 Å². The first-order chi connectivity index (χ1) is 6.74. The van der Waals surface area contributed by atoms with Gasteiger partial charge in [0.25, 0.3) is 0 Å². The molecule has 1 heterocycles. The van der Waals surface area contributed by atoms with Gasteiger partial charge in [0.05, 0.1) is 4.20 Å². The first-order valence-electron chi connectivity index (χ1n) is 4.36. The van der Waals surface area contributed by atoms with E-state index < -0.39 is 0 Å². The lowest BCUT2D eigenvalue weighted by molar-refractivity contribution is 0.968. The molecule has 1 nitrogen and oxygen atoms in total. The summed E-state index contributed by atoms with van der Waals surface area (Å²) in [4.78, 5) is 0. The van der Waals surface area contributed by atoms with Crippen LogP contribution in [0.15, 0.2) is 30.5 Å². The highest BCUT2D eigenvalue weighted by molar-refractivity contribution is 8.23. The van der Waals surface area contributed by atoms with Gasteiger partial charge < -0.3 is 4.57 Å². The lowest BCUT2D eigenvalue weighted by atomic mass is 10.2. The fourth-order valence-electron chi connectivity index (χ4n) is 1.61. The summed E-state index contributed by atoms with van der Waals surface area (Å²) in [6.45, 7) is 0. The quantitative estimate of drug-likeness (QED) is 0.681. The Morgan fingerprint density at radius 2 is 2.07 bits per heavy atom. The van der Waals surface area contributed by atoms with Crippen molar-refractivity contribution in [3.8, 4) is 0 Å². The predicted octanol–water partition coefficient (Wildman–Crippen LogP) is 3.22. The molecule has 2 rings (SSSR count). The van der Waals surface area contributed by atoms with Crippen LogP contribution in [0.3, 0.4) is 0 Å². The lowest BCUT2D eigenvalue weighted by Crippen LogP contribution is -1.87. The van der Waals surface area contributed by atoms with Gasteiger partial charge in [-0.2, -0.15) is 0 Å². The van der Waals surface area contributed by atoms with E-state index in [1.165, 1.54) is 16.5 Å². The summed E-state index contributed by atoms with van der Waals surface area (Å²) in [6.07, 6.45) is 4.12. The van der Waals surface area contributed by atoms with Gasteiger partial charge in [-0.3, -0.25) is 0 Å². The number of thiocarbonyl (C=S) groups is 1. The van der Waals surface area contributed by atoms with Crippen LogP contribution in [0, 0.1) is 0 Å². The number of rotatable bonds is 1. The molecule has 0 amide bonds. The lowest BCUT2D eigenvalue weighted by Gasteiger charge is -1.96. The highest BCUT2D eigenvalue weighted by Crippen LogP contribution is 2.23. The monoisotopic (exact) mass is 221 g/mol. The van der Waals surface area contributed by atoms with Crippen molar-refractivity contribution < 1.29 is 0 Å². The molecule has 0 radical (unpaired) electrons. The molecule has 1 aromatic carbocycles. The van der Waals surface area contributed by atoms with Crippen LogP contribution < -0.4 is 0 Å². The van der Waals surface area contributed by atoms with Crippen molar-refractivity contribution in [2.24, 2.45) is 7.05 Å². The molecule has 0 atom stereocenters. The van der Waals surface area contributed by atoms with Gasteiger partial charge in [-0.25, -0.2) is 0 Å². The average Bonchev–Trinajstić information content (AvgIpc) is 2.56. The number of benzene rings is 1. The van der Waals surface area contributed by atoms with Crippen molar-refractivity contribution >= 4 is 39.1 Å². The molecule has 0 spiro atoms. The molecule has 1 aromatic heterocycles. The second kappa shape index (κ2) is 3.75. The normalized spacial score (nSPS) is 10.7. The topological polar surface area (TPSA) is 4.93 Å². The molecule has 0 aliphatic carbocycles. The molecule has 0 aliphatic rings. The molecular weight excluding hydrogens is 210 g/mol. The molecule has 0 bridgehead atoms. The Morgan fingerprint density at radius 1 is 1.36 bits per heavy atom. The number of para-hydroxylation sites is 1. The van der Waals surface area contributed by atoms with Crippen LogP contribution >= 0.6 is 24.0 Å². The molecule has 72 valence electrons. The Bertz CT molecular complexity index is 485. The third kappa shape index (κ3) is 1.47. The van der Waals surface area contributed by atoms with Crippen LogP contribution in [0.1, 0.15) is 5.56 Å². The zero-order chi connectivity index (χ0) is 10.1. The van der Waals surface area contributed by atoms with E-state index in [-0.39, 0.29) is 0 Å². The summed E-state index contributed by atoms with van der Waals surface area (Å²) >= 11 is 6.94. The number of nitrogens with zero attached hydrogens (tertiary/aromatic N) is 1. The minimum atomic E-state index is 0.960. The molecule has 2 aromatic rings. The van der Waals surface area contributed by atoms with E-state index >= 15 is 0 Å². The molecule has 14 heavy (non-hydrogen) atoms. The summed E-state index contributed by atoms with van der Waals surface area (Å²) < 4.78 is 3.08. The minimum Gasteiger partial charge on any atom is -0.350 e. The highest BCUT2D eigenvalue weighted by Gasteiger charge is 2.08. The zero-order valence-electron chi connectivity index (χ0n) is 8.15. The molecule has 0 unspecified atom stereocenters. The maximum atomic E-state index is 5.31. The molecule has 0 aliphatic heterocycles. The largest absolute Gasteiger partial charge is 0.350 e. The van der Waals surface area contributed by atoms with E-state index in [0.29, 0.717) is 0 Å². The number of thioether (sulfide) groups is 1. The highest BCUT2D eigenvalue weighted by atomic mass is 32.2. The van der Waals surface area contributed by atoms with Gasteiger partial charge in [0.1, 0.15) is 0 Å². The molecule has 3 heteroatoms. The van der Waals surface area contributed by atoms with Gasteiger partial charge in [-0.15, -0.1) is 11.8 Å². The predicted molar refractivity (Wildman–Crippen MR) is 68.1 cm³/mol. The van der Waals surface area contributed by atoms with E-state index in [1.54, 1.807) is 11.8 Å². The maximum absolute atomic E-state index is 5.31. The van der Waals surface area contributed by atoms with Crippen molar-refractivity contribution in [3.05, 3.63) is 36.0 Å². The van der Waals surface area contributed by atoms with Crippen molar-refractivity contribution in [3.63, 3.8) is 0 Å². The summed E-state index contributed by atoms with van der Waals surface area (Å²) in [6, 6.07) is 8.33. The van der Waals surface area contributed by atoms with Gasteiger partial charge in [-0.1, -0.05) is 30.4 Å². The smallest absolute Gasteiger partial charge is 0.0797 e. The van der Waals surface area contributed by atoms with Crippen LogP contribution in [0.5, 0.6) is 0 Å². The van der Waals surface area contributed by atoms with Crippen LogP contribution in [0.2, 0.25) is 0 Å². The van der Waals surface area contributed by atoms with Crippen molar-refractivity contribution in [1.29, 1.82) is 0 Å². The number of aryl methyl sites for hydroxylation is 1. The molecular formula is C11H11NS2. The first-order valence-corrected chi connectivity index (χ1v) is 5.99. The fourth-order valence-corrected chi connectivity index (χ4v) is 2.16. The Morgan fingerprint density at radius 3 is 2.79 bits per heavy atom. The standard InChI is InChI=1S/C11H11NS2/c1-12-7-9(11(13)14-2)8-5-3-4-6-10(8)12/h3-7H,1-2H3. The third-order valence-corrected chi connectivity index (χ3v) is 3.61. The molecule has 0 saturated heterocycles. The van der Waals surface area contributed by atoms with Gasteiger partial charge in [0, 0.05) is 29.7 Å². The van der Waals surface area contributed by atoms with E-state index in [9.17, 15) is 0 Å². The Labute approximate surface area is 93.1 Å². The Hall–Kier alpha value is -0.800. The second-order valence-electron chi connectivity index (χ2n) is 3.16. The fraction of sp³-hybridized carbons (Fsp3) is 0.182. The number of hydrogen-bond acceptors (Lipinski definition) is 2. The number of hydrogen-bond donors (Lipinski definition) is 0. The number of aromatic nitrogens is 1. The van der Waals surface area contributed by atoms with Gasteiger partial charge in [0.15, 0.2) is 0 Å². The summed E-state index contributed by atoms with van der Waals surface area (Å²) in [5, 5.41) is 1.24. The van der Waals surface area contributed by atoms with Gasteiger partial charge >= 0.3 is 0 Å². The average molecular weight is 221 g/mol. The van der Waals surface area contributed by atoms with Crippen molar-refractivity contribution in [2.75, 3.05) is 6.26 Å². The van der Waals surface area contributed by atoms with Crippen molar-refractivity contribution in [1.82, 2.24) is 4.57 Å². The Kier molecular flexibility index (Phi) is 2.61. The summed E-state index contributed by atoms with van der Waals surface area (Å²) in [5.41, 5.74) is 2.41. The molecule has 0 fully saturated rings. The molecule has 0 N–H and O–H groups in total. The van der Waals surface area contributed by atoms with E-state index in [0.717, 1.165) is 4.20 Å². The van der Waals surface area contributed by atoms with Crippen LogP contribution in [0.4, 0.5) is 0 Å². The maximum Gasteiger partial charge on any atom is 0.0797 e. The summed E-state index contributed by atoms with van der Waals surface area (Å²) in [5.74, 6) is 0. The first kappa shape index (κ1) is 9.74.